The van der Waals surface area contributed by atoms with Gasteiger partial charge in [0.1, 0.15) is 4.99 Å². The van der Waals surface area contributed by atoms with Gasteiger partial charge in [0.05, 0.1) is 25.9 Å². The van der Waals surface area contributed by atoms with Gasteiger partial charge in [0.2, 0.25) is 0 Å². The monoisotopic (exact) mass is 312 g/mol. The topological polar surface area (TPSA) is 56.5 Å². The van der Waals surface area contributed by atoms with Gasteiger partial charge in [-0.2, -0.15) is 0 Å². The summed E-state index contributed by atoms with van der Waals surface area (Å²) >= 11 is 6.93. The van der Waals surface area contributed by atoms with Crippen molar-refractivity contribution in [3.8, 4) is 0 Å². The first kappa shape index (κ1) is 15.6. The van der Waals surface area contributed by atoms with E-state index in [0.29, 0.717) is 31.4 Å². The Kier molecular flexibility index (Phi) is 6.09. The molecule has 1 unspecified atom stereocenters. The van der Waals surface area contributed by atoms with Crippen LogP contribution in [0.1, 0.15) is 12.5 Å². The Morgan fingerprint density at radius 2 is 2.35 bits per heavy atom. The third kappa shape index (κ3) is 4.09. The van der Waals surface area contributed by atoms with Crippen molar-refractivity contribution in [1.82, 2.24) is 0 Å². The first-order valence-electron chi connectivity index (χ1n) is 6.71. The number of hydrogen-bond donors (Lipinski definition) is 2. The summed E-state index contributed by atoms with van der Waals surface area (Å²) in [5.74, 6) is 0.985. The summed E-state index contributed by atoms with van der Waals surface area (Å²) in [5.41, 5.74) is 7.76. The molecule has 1 aromatic carbocycles. The minimum absolute atomic E-state index is 0.0745. The average Bonchev–Trinajstić information content (AvgIpc) is 2.46. The molecule has 110 valence electrons. The molecule has 1 saturated heterocycles. The maximum atomic E-state index is 5.88. The van der Waals surface area contributed by atoms with Gasteiger partial charge in [-0.05, 0) is 17.9 Å². The van der Waals surface area contributed by atoms with Gasteiger partial charge in [-0.25, -0.2) is 0 Å². The molecule has 1 fully saturated rings. The van der Waals surface area contributed by atoms with E-state index in [0.717, 1.165) is 21.9 Å². The zero-order valence-corrected chi connectivity index (χ0v) is 13.2. The predicted molar refractivity (Wildman–Crippen MR) is 87.8 cm³/mol. The smallest absolute Gasteiger partial charge is 0.107 e. The van der Waals surface area contributed by atoms with Crippen LogP contribution in [0.5, 0.6) is 0 Å². The summed E-state index contributed by atoms with van der Waals surface area (Å²) in [6.07, 6.45) is 0.0745. The average molecular weight is 312 g/mol. The van der Waals surface area contributed by atoms with Gasteiger partial charge in [-0.1, -0.05) is 25.2 Å². The van der Waals surface area contributed by atoms with Gasteiger partial charge in [0.25, 0.3) is 0 Å². The summed E-state index contributed by atoms with van der Waals surface area (Å²) in [4.78, 5) is 1.54. The van der Waals surface area contributed by atoms with Gasteiger partial charge in [-0.3, -0.25) is 0 Å². The fourth-order valence-electron chi connectivity index (χ4n) is 2.09. The van der Waals surface area contributed by atoms with Crippen molar-refractivity contribution in [3.05, 3.63) is 23.8 Å². The van der Waals surface area contributed by atoms with Gasteiger partial charge in [-0.15, -0.1) is 11.8 Å². The molecule has 6 heteroatoms. The molecule has 0 saturated carbocycles. The number of hydrogen-bond acceptors (Lipinski definition) is 5. The molecule has 1 atom stereocenters. The quantitative estimate of drug-likeness (QED) is 0.621. The molecule has 1 heterocycles. The van der Waals surface area contributed by atoms with E-state index in [-0.39, 0.29) is 6.10 Å². The van der Waals surface area contributed by atoms with Crippen molar-refractivity contribution in [2.45, 2.75) is 17.9 Å². The molecular weight excluding hydrogens is 292 g/mol. The molecule has 0 bridgehead atoms. The van der Waals surface area contributed by atoms with Gasteiger partial charge in [0.15, 0.2) is 0 Å². The number of ether oxygens (including phenoxy) is 2. The molecular formula is C14H20N2O2S2. The maximum absolute atomic E-state index is 5.88. The Morgan fingerprint density at radius 1 is 1.50 bits per heavy atom. The third-order valence-electron chi connectivity index (χ3n) is 2.98. The number of anilines is 1. The van der Waals surface area contributed by atoms with Gasteiger partial charge < -0.3 is 20.5 Å². The van der Waals surface area contributed by atoms with Crippen LogP contribution in [0.25, 0.3) is 0 Å². The van der Waals surface area contributed by atoms with E-state index in [1.807, 2.05) is 18.2 Å². The van der Waals surface area contributed by atoms with E-state index in [9.17, 15) is 0 Å². The molecule has 1 aromatic rings. The van der Waals surface area contributed by atoms with Crippen molar-refractivity contribution in [1.29, 1.82) is 0 Å². The summed E-state index contributed by atoms with van der Waals surface area (Å²) < 4.78 is 11.0. The molecule has 0 spiro atoms. The van der Waals surface area contributed by atoms with E-state index in [1.54, 1.807) is 11.8 Å². The molecule has 1 aliphatic rings. The second kappa shape index (κ2) is 7.83. The third-order valence-corrected chi connectivity index (χ3v) is 4.12. The fourth-order valence-corrected chi connectivity index (χ4v) is 3.22. The highest BCUT2D eigenvalue weighted by molar-refractivity contribution is 7.99. The molecule has 20 heavy (non-hydrogen) atoms. The minimum atomic E-state index is 0.0745. The lowest BCUT2D eigenvalue weighted by molar-refractivity contribution is -0.0818. The Bertz CT molecular complexity index is 462. The Balaban J connectivity index is 2.09. The van der Waals surface area contributed by atoms with Crippen LogP contribution >= 0.6 is 24.0 Å². The molecule has 0 aliphatic carbocycles. The number of nitrogens with one attached hydrogen (secondary N) is 1. The van der Waals surface area contributed by atoms with Crippen LogP contribution in [0.15, 0.2) is 23.1 Å². The van der Waals surface area contributed by atoms with Crippen LogP contribution in [-0.2, 0) is 9.47 Å². The Labute approximate surface area is 129 Å². The van der Waals surface area contributed by atoms with Crippen LogP contribution in [0.2, 0.25) is 0 Å². The molecule has 2 rings (SSSR count). The lowest BCUT2D eigenvalue weighted by Crippen LogP contribution is -2.34. The van der Waals surface area contributed by atoms with E-state index in [1.165, 1.54) is 0 Å². The van der Waals surface area contributed by atoms with Crippen LogP contribution in [0, 0.1) is 0 Å². The zero-order valence-electron chi connectivity index (χ0n) is 11.6. The predicted octanol–water partition coefficient (Wildman–Crippen LogP) is 2.26. The maximum Gasteiger partial charge on any atom is 0.107 e. The molecule has 0 amide bonds. The first-order valence-corrected chi connectivity index (χ1v) is 8.10. The highest BCUT2D eigenvalue weighted by Gasteiger charge is 2.16. The Hall–Kier alpha value is -0.820. The molecule has 0 aromatic heterocycles. The minimum Gasteiger partial charge on any atom is -0.389 e. The van der Waals surface area contributed by atoms with Crippen LogP contribution < -0.4 is 11.1 Å². The van der Waals surface area contributed by atoms with Crippen LogP contribution in [-0.4, -0.2) is 43.2 Å². The molecule has 3 N–H and O–H groups in total. The Morgan fingerprint density at radius 3 is 3.00 bits per heavy atom. The number of thiocarbonyl (C=S) groups is 1. The van der Waals surface area contributed by atoms with E-state index in [2.05, 4.69) is 12.2 Å². The van der Waals surface area contributed by atoms with Crippen molar-refractivity contribution in [2.75, 3.05) is 37.4 Å². The highest BCUT2D eigenvalue weighted by atomic mass is 32.2. The van der Waals surface area contributed by atoms with Gasteiger partial charge >= 0.3 is 0 Å². The fraction of sp³-hybridized carbons (Fsp3) is 0.500. The number of rotatable bonds is 6. The summed E-state index contributed by atoms with van der Waals surface area (Å²) in [5, 5.41) is 3.38. The van der Waals surface area contributed by atoms with Crippen molar-refractivity contribution >= 4 is 34.7 Å². The molecule has 1 aliphatic heterocycles. The standard InChI is InChI=1S/C14H20N2O2S2/c1-2-20-12-5-3-4-11(13(12)14(15)19)16-8-10-9-17-6-7-18-10/h3-5,10,16H,2,6-9H2,1H3,(H2,15,19). The second-order valence-electron chi connectivity index (χ2n) is 4.42. The second-order valence-corrected chi connectivity index (χ2v) is 6.17. The summed E-state index contributed by atoms with van der Waals surface area (Å²) in [6.45, 7) is 4.76. The lowest BCUT2D eigenvalue weighted by atomic mass is 10.1. The molecule has 0 radical (unpaired) electrons. The number of thioether (sulfide) groups is 1. The zero-order chi connectivity index (χ0) is 14.4. The normalized spacial score (nSPS) is 18.8. The SMILES string of the molecule is CCSc1cccc(NCC2COCCO2)c1C(N)=S. The number of benzene rings is 1. The van der Waals surface area contributed by atoms with Crippen LogP contribution in [0.3, 0.4) is 0 Å². The van der Waals surface area contributed by atoms with E-state index >= 15 is 0 Å². The highest BCUT2D eigenvalue weighted by Crippen LogP contribution is 2.28. The summed E-state index contributed by atoms with van der Waals surface area (Å²) in [6, 6.07) is 6.06. The van der Waals surface area contributed by atoms with Crippen molar-refractivity contribution < 1.29 is 9.47 Å². The van der Waals surface area contributed by atoms with Crippen molar-refractivity contribution in [2.24, 2.45) is 5.73 Å². The lowest BCUT2D eigenvalue weighted by Gasteiger charge is -2.24. The first-order chi connectivity index (χ1) is 9.72. The largest absolute Gasteiger partial charge is 0.389 e. The van der Waals surface area contributed by atoms with Gasteiger partial charge in [0, 0.05) is 22.7 Å². The van der Waals surface area contributed by atoms with Crippen molar-refractivity contribution in [3.63, 3.8) is 0 Å². The van der Waals surface area contributed by atoms with E-state index in [4.69, 9.17) is 27.4 Å². The summed E-state index contributed by atoms with van der Waals surface area (Å²) in [7, 11) is 0. The van der Waals surface area contributed by atoms with E-state index < -0.39 is 0 Å². The molecule has 4 nitrogen and oxygen atoms in total. The number of nitrogens with two attached hydrogens (primary N) is 1. The van der Waals surface area contributed by atoms with Crippen LogP contribution in [0.4, 0.5) is 5.69 Å².